The van der Waals surface area contributed by atoms with Crippen LogP contribution in [0.4, 0.5) is 22.0 Å². The minimum atomic E-state index is -3.03. The van der Waals surface area contributed by atoms with E-state index in [1.54, 1.807) is 0 Å². The minimum absolute atomic E-state index is 0.117. The van der Waals surface area contributed by atoms with Gasteiger partial charge in [0.15, 0.2) is 5.50 Å². The molecule has 25 heavy (non-hydrogen) atoms. The fourth-order valence-corrected chi connectivity index (χ4v) is 2.97. The van der Waals surface area contributed by atoms with Crippen LogP contribution in [0.2, 0.25) is 0 Å². The van der Waals surface area contributed by atoms with Crippen LogP contribution in [0.5, 0.6) is 11.5 Å². The smallest absolute Gasteiger partial charge is 0.267 e. The SMILES string of the molecule is CSC(F)C(CO)c1cccc(Oc2cc(F)cc(F)c2)c1C(F)F. The number of alkyl halides is 3. The summed E-state index contributed by atoms with van der Waals surface area (Å²) in [5.74, 6) is -3.71. The van der Waals surface area contributed by atoms with Gasteiger partial charge in [-0.15, -0.1) is 11.8 Å². The van der Waals surface area contributed by atoms with E-state index in [1.165, 1.54) is 24.5 Å². The van der Waals surface area contributed by atoms with Crippen LogP contribution in [-0.2, 0) is 0 Å². The summed E-state index contributed by atoms with van der Waals surface area (Å²) in [5.41, 5.74) is -2.35. The van der Waals surface area contributed by atoms with Crippen molar-refractivity contribution in [2.45, 2.75) is 17.8 Å². The summed E-state index contributed by atoms with van der Waals surface area (Å²) >= 11 is 0.775. The van der Waals surface area contributed by atoms with Gasteiger partial charge in [0.25, 0.3) is 6.43 Å². The zero-order valence-corrected chi connectivity index (χ0v) is 13.9. The Morgan fingerprint density at radius 2 is 1.72 bits per heavy atom. The Morgan fingerprint density at radius 1 is 1.08 bits per heavy atom. The van der Waals surface area contributed by atoms with E-state index < -0.39 is 41.7 Å². The number of aliphatic hydroxyl groups excluding tert-OH is 1. The molecular weight excluding hydrogens is 363 g/mol. The lowest BCUT2D eigenvalue weighted by atomic mass is 9.95. The van der Waals surface area contributed by atoms with E-state index in [1.807, 2.05) is 0 Å². The van der Waals surface area contributed by atoms with Crippen molar-refractivity contribution >= 4 is 11.8 Å². The number of ether oxygens (including phenoxy) is 1. The molecule has 2 rings (SSSR count). The van der Waals surface area contributed by atoms with Crippen molar-refractivity contribution in [1.29, 1.82) is 0 Å². The second-order valence-corrected chi connectivity index (χ2v) is 6.06. The van der Waals surface area contributed by atoms with Crippen molar-refractivity contribution in [2.24, 2.45) is 0 Å². The van der Waals surface area contributed by atoms with E-state index in [0.29, 0.717) is 6.07 Å². The molecule has 0 aliphatic heterocycles. The van der Waals surface area contributed by atoms with Crippen LogP contribution in [0.1, 0.15) is 23.5 Å². The van der Waals surface area contributed by atoms with Gasteiger partial charge in [0.2, 0.25) is 0 Å². The second kappa shape index (κ2) is 8.53. The van der Waals surface area contributed by atoms with Gasteiger partial charge in [-0.25, -0.2) is 22.0 Å². The Balaban J connectivity index is 2.49. The topological polar surface area (TPSA) is 29.5 Å². The molecule has 0 bridgehead atoms. The third kappa shape index (κ3) is 4.64. The lowest BCUT2D eigenvalue weighted by Gasteiger charge is -2.22. The standard InChI is InChI=1S/C17H15F5O2S/c1-25-17(22)13(8-23)12-3-2-4-14(15(12)16(20)21)24-11-6-9(18)5-10(19)7-11/h2-7,13,16-17,23H,8H2,1H3. The number of benzene rings is 2. The molecule has 136 valence electrons. The molecule has 2 aromatic rings. The Bertz CT molecular complexity index is 706. The molecule has 0 heterocycles. The minimum Gasteiger partial charge on any atom is -0.457 e. The van der Waals surface area contributed by atoms with E-state index in [-0.39, 0.29) is 17.1 Å². The molecule has 8 heteroatoms. The Labute approximate surface area is 145 Å². The first kappa shape index (κ1) is 19.5. The van der Waals surface area contributed by atoms with Gasteiger partial charge in [-0.1, -0.05) is 12.1 Å². The highest BCUT2D eigenvalue weighted by molar-refractivity contribution is 7.99. The second-order valence-electron chi connectivity index (χ2n) is 5.14. The first-order valence-electron chi connectivity index (χ1n) is 7.20. The molecule has 0 spiro atoms. The first-order chi connectivity index (χ1) is 11.9. The molecule has 0 radical (unpaired) electrons. The third-order valence-electron chi connectivity index (χ3n) is 3.52. The quantitative estimate of drug-likeness (QED) is 0.652. The molecule has 0 saturated heterocycles. The molecule has 0 amide bonds. The van der Waals surface area contributed by atoms with Crippen molar-refractivity contribution in [1.82, 2.24) is 0 Å². The molecule has 1 N–H and O–H groups in total. The highest BCUT2D eigenvalue weighted by atomic mass is 32.2. The maximum atomic E-state index is 14.0. The molecule has 2 unspecified atom stereocenters. The van der Waals surface area contributed by atoms with Gasteiger partial charge in [-0.2, -0.15) is 0 Å². The largest absolute Gasteiger partial charge is 0.457 e. The molecule has 2 aromatic carbocycles. The molecule has 0 fully saturated rings. The zero-order valence-electron chi connectivity index (χ0n) is 13.1. The fraction of sp³-hybridized carbons (Fsp3) is 0.294. The molecule has 0 aliphatic carbocycles. The molecule has 0 aliphatic rings. The van der Waals surface area contributed by atoms with Crippen LogP contribution in [0.3, 0.4) is 0 Å². The van der Waals surface area contributed by atoms with Gasteiger partial charge >= 0.3 is 0 Å². The van der Waals surface area contributed by atoms with E-state index in [4.69, 9.17) is 4.74 Å². The van der Waals surface area contributed by atoms with Crippen LogP contribution in [0.15, 0.2) is 36.4 Å². The number of halogens is 5. The molecule has 2 atom stereocenters. The van der Waals surface area contributed by atoms with E-state index in [0.717, 1.165) is 23.9 Å². The van der Waals surface area contributed by atoms with Gasteiger partial charge in [0.1, 0.15) is 23.1 Å². The van der Waals surface area contributed by atoms with Crippen LogP contribution >= 0.6 is 11.8 Å². The van der Waals surface area contributed by atoms with Crippen LogP contribution in [0.25, 0.3) is 0 Å². The monoisotopic (exact) mass is 378 g/mol. The summed E-state index contributed by atoms with van der Waals surface area (Å²) in [7, 11) is 0. The van der Waals surface area contributed by atoms with Crippen molar-refractivity contribution < 1.29 is 31.8 Å². The van der Waals surface area contributed by atoms with Crippen molar-refractivity contribution in [3.8, 4) is 11.5 Å². The summed E-state index contributed by atoms with van der Waals surface area (Å²) in [6.45, 7) is -0.681. The Hall–Kier alpha value is -1.80. The summed E-state index contributed by atoms with van der Waals surface area (Å²) in [6.07, 6.45) is -1.58. The lowest BCUT2D eigenvalue weighted by Crippen LogP contribution is -2.17. The molecule has 0 aromatic heterocycles. The molecule has 0 saturated carbocycles. The van der Waals surface area contributed by atoms with Gasteiger partial charge in [-0.3, -0.25) is 0 Å². The average Bonchev–Trinajstić information content (AvgIpc) is 2.54. The van der Waals surface area contributed by atoms with Crippen molar-refractivity contribution in [3.63, 3.8) is 0 Å². The zero-order chi connectivity index (χ0) is 18.6. The molecule has 2 nitrogen and oxygen atoms in total. The maximum absolute atomic E-state index is 14.0. The first-order valence-corrected chi connectivity index (χ1v) is 8.48. The van der Waals surface area contributed by atoms with E-state index in [2.05, 4.69) is 0 Å². The normalized spacial score (nSPS) is 13.8. The van der Waals surface area contributed by atoms with Gasteiger partial charge in [0, 0.05) is 24.1 Å². The highest BCUT2D eigenvalue weighted by Crippen LogP contribution is 2.40. The lowest BCUT2D eigenvalue weighted by molar-refractivity contribution is 0.144. The van der Waals surface area contributed by atoms with Gasteiger partial charge in [-0.05, 0) is 17.9 Å². The van der Waals surface area contributed by atoms with E-state index >= 15 is 0 Å². The van der Waals surface area contributed by atoms with Gasteiger partial charge in [0.05, 0.1) is 12.2 Å². The maximum Gasteiger partial charge on any atom is 0.267 e. The predicted octanol–water partition coefficient (Wildman–Crippen LogP) is 5.43. The van der Waals surface area contributed by atoms with Crippen LogP contribution in [0, 0.1) is 11.6 Å². The van der Waals surface area contributed by atoms with Crippen LogP contribution < -0.4 is 4.74 Å². The number of rotatable bonds is 7. The summed E-state index contributed by atoms with van der Waals surface area (Å²) in [4.78, 5) is 0. The number of hydrogen-bond donors (Lipinski definition) is 1. The summed E-state index contributed by atoms with van der Waals surface area (Å²) in [6, 6.07) is 6.11. The van der Waals surface area contributed by atoms with Crippen molar-refractivity contribution in [2.75, 3.05) is 12.9 Å². The van der Waals surface area contributed by atoms with E-state index in [9.17, 15) is 27.1 Å². The summed E-state index contributed by atoms with van der Waals surface area (Å²) in [5, 5.41) is 9.40. The predicted molar refractivity (Wildman–Crippen MR) is 86.1 cm³/mol. The third-order valence-corrected chi connectivity index (χ3v) is 4.30. The van der Waals surface area contributed by atoms with Crippen LogP contribution in [-0.4, -0.2) is 23.5 Å². The Kier molecular flexibility index (Phi) is 6.66. The Morgan fingerprint density at radius 3 is 2.24 bits per heavy atom. The highest BCUT2D eigenvalue weighted by Gasteiger charge is 2.29. The number of aliphatic hydroxyl groups is 1. The average molecular weight is 378 g/mol. The fourth-order valence-electron chi connectivity index (χ4n) is 2.41. The molecular formula is C17H15F5O2S. The summed E-state index contributed by atoms with van der Waals surface area (Å²) < 4.78 is 72.9. The number of hydrogen-bond acceptors (Lipinski definition) is 3. The number of thioether (sulfide) groups is 1. The van der Waals surface area contributed by atoms with Gasteiger partial charge < -0.3 is 9.84 Å². The van der Waals surface area contributed by atoms with Crippen molar-refractivity contribution in [3.05, 3.63) is 59.2 Å².